The highest BCUT2D eigenvalue weighted by Crippen LogP contribution is 2.24. The van der Waals surface area contributed by atoms with Crippen LogP contribution in [0.5, 0.6) is 0 Å². The average Bonchev–Trinajstić information content (AvgIpc) is 3.43. The Kier molecular flexibility index (Phi) is 32.6. The van der Waals surface area contributed by atoms with Crippen molar-refractivity contribution in [1.82, 2.24) is 9.80 Å². The number of nitrogens with zero attached hydrogens (tertiary/aromatic N) is 2. The van der Waals surface area contributed by atoms with Crippen LogP contribution in [0.3, 0.4) is 0 Å². The molecule has 2 nitrogen and oxygen atoms in total. The highest BCUT2D eigenvalue weighted by atomic mass is 15.4. The lowest BCUT2D eigenvalue weighted by Gasteiger charge is -2.33. The van der Waals surface area contributed by atoms with Gasteiger partial charge in [-0.25, -0.2) is 0 Å². The molecular weight excluding hydrogens is 544 g/mol. The molecule has 0 aromatic heterocycles. The Balaban J connectivity index is 2.20. The maximum absolute atomic E-state index is 2.73. The Bertz CT molecular complexity index is 586. The maximum atomic E-state index is 2.73. The van der Waals surface area contributed by atoms with Crippen LogP contribution in [0.4, 0.5) is 0 Å². The Morgan fingerprint density at radius 1 is 0.289 bits per heavy atom. The lowest BCUT2D eigenvalue weighted by molar-refractivity contribution is 0.135. The summed E-state index contributed by atoms with van der Waals surface area (Å²) >= 11 is 0. The van der Waals surface area contributed by atoms with Crippen LogP contribution in [0.2, 0.25) is 0 Å². The number of hydrogen-bond donors (Lipinski definition) is 0. The molecule has 1 heterocycles. The second-order valence-corrected chi connectivity index (χ2v) is 15.0. The second kappa shape index (κ2) is 34.7. The van der Waals surface area contributed by atoms with Crippen molar-refractivity contribution in [2.24, 2.45) is 0 Å². The van der Waals surface area contributed by atoms with Crippen molar-refractivity contribution in [3.8, 4) is 0 Å². The molecule has 1 atom stereocenters. The summed E-state index contributed by atoms with van der Waals surface area (Å²) in [5.41, 5.74) is 0. The van der Waals surface area contributed by atoms with E-state index in [9.17, 15) is 0 Å². The van der Waals surface area contributed by atoms with Gasteiger partial charge >= 0.3 is 0 Å². The maximum Gasteiger partial charge on any atom is 0.101 e. The van der Waals surface area contributed by atoms with Gasteiger partial charge < -0.3 is 9.80 Å². The van der Waals surface area contributed by atoms with Crippen LogP contribution in [0, 0.1) is 0 Å². The first-order chi connectivity index (χ1) is 22.3. The molecule has 0 spiro atoms. The minimum absolute atomic E-state index is 0.639. The molecule has 0 aromatic rings. The fourth-order valence-corrected chi connectivity index (χ4v) is 7.42. The van der Waals surface area contributed by atoms with Crippen molar-refractivity contribution >= 4 is 0 Å². The largest absolute Gasteiger partial charge is 0.356 e. The van der Waals surface area contributed by atoms with Gasteiger partial charge in [-0.15, -0.1) is 0 Å². The molecule has 0 N–H and O–H groups in total. The van der Waals surface area contributed by atoms with E-state index in [1.807, 2.05) is 0 Å². The van der Waals surface area contributed by atoms with Crippen LogP contribution in [0.15, 0.2) is 12.4 Å². The molecule has 1 aliphatic rings. The third-order valence-electron chi connectivity index (χ3n) is 10.6. The summed E-state index contributed by atoms with van der Waals surface area (Å²) in [6.45, 7) is 9.49. The SMILES string of the molecule is CCCCCCCCCCCCCCCCN1C=CN(CCCCCCCCCCCCC)C1CCCCCCCCCCC. The molecule has 45 heavy (non-hydrogen) atoms. The predicted molar refractivity (Wildman–Crippen MR) is 205 cm³/mol. The predicted octanol–water partition coefficient (Wildman–Crippen LogP) is 15.1. The fourth-order valence-electron chi connectivity index (χ4n) is 7.42. The summed E-state index contributed by atoms with van der Waals surface area (Å²) < 4.78 is 0. The van der Waals surface area contributed by atoms with Crippen LogP contribution in [-0.4, -0.2) is 29.1 Å². The molecule has 1 rings (SSSR count). The van der Waals surface area contributed by atoms with Gasteiger partial charge in [-0.3, -0.25) is 0 Å². The number of hydrogen-bond acceptors (Lipinski definition) is 2. The number of rotatable bonds is 37. The first kappa shape index (κ1) is 42.4. The molecule has 0 aromatic carbocycles. The highest BCUT2D eigenvalue weighted by molar-refractivity contribution is 4.97. The van der Waals surface area contributed by atoms with Crippen LogP contribution in [0.25, 0.3) is 0 Å². The quantitative estimate of drug-likeness (QED) is 0.0630. The summed E-state index contributed by atoms with van der Waals surface area (Å²) in [6, 6.07) is 0. The molecule has 0 amide bonds. The van der Waals surface area contributed by atoms with E-state index in [0.29, 0.717) is 6.17 Å². The third kappa shape index (κ3) is 27.0. The summed E-state index contributed by atoms with van der Waals surface area (Å²) in [5.74, 6) is 0. The zero-order chi connectivity index (χ0) is 32.3. The first-order valence-electron chi connectivity index (χ1n) is 21.5. The Hall–Kier alpha value is -0.660. The van der Waals surface area contributed by atoms with E-state index >= 15 is 0 Å². The molecule has 268 valence electrons. The van der Waals surface area contributed by atoms with E-state index < -0.39 is 0 Å². The van der Waals surface area contributed by atoms with Crippen molar-refractivity contribution < 1.29 is 0 Å². The standard InChI is InChI=1S/C43H86N2/c1-4-7-10-13-16-19-21-22-23-25-28-31-34-37-40-45-42-41-44(39-36-33-30-27-24-20-17-14-11-8-5-2)43(45)38-35-32-29-26-18-15-12-9-6-3/h41-43H,4-40H2,1-3H3. The van der Waals surface area contributed by atoms with Gasteiger partial charge in [0.2, 0.25) is 0 Å². The van der Waals surface area contributed by atoms with E-state index in [-0.39, 0.29) is 0 Å². The third-order valence-corrected chi connectivity index (χ3v) is 10.6. The summed E-state index contributed by atoms with van der Waals surface area (Å²) in [5, 5.41) is 0. The van der Waals surface area contributed by atoms with Gasteiger partial charge in [0.15, 0.2) is 0 Å². The Labute approximate surface area is 286 Å². The van der Waals surface area contributed by atoms with Gasteiger partial charge in [-0.05, 0) is 25.7 Å². The highest BCUT2D eigenvalue weighted by Gasteiger charge is 2.24. The van der Waals surface area contributed by atoms with Crippen molar-refractivity contribution in [3.63, 3.8) is 0 Å². The van der Waals surface area contributed by atoms with Gasteiger partial charge in [0.05, 0.1) is 0 Å². The lowest BCUT2D eigenvalue weighted by Crippen LogP contribution is -2.39. The summed E-state index contributed by atoms with van der Waals surface area (Å²) in [4.78, 5) is 5.45. The Morgan fingerprint density at radius 2 is 0.511 bits per heavy atom. The zero-order valence-electron chi connectivity index (χ0n) is 31.8. The van der Waals surface area contributed by atoms with E-state index in [1.165, 1.54) is 238 Å². The Morgan fingerprint density at radius 3 is 0.778 bits per heavy atom. The van der Waals surface area contributed by atoms with E-state index in [0.717, 1.165) is 0 Å². The minimum atomic E-state index is 0.639. The van der Waals surface area contributed by atoms with Gasteiger partial charge in [0.1, 0.15) is 6.17 Å². The fraction of sp³-hybridized carbons (Fsp3) is 0.953. The first-order valence-corrected chi connectivity index (χ1v) is 21.5. The molecule has 0 saturated carbocycles. The van der Waals surface area contributed by atoms with Gasteiger partial charge in [0.25, 0.3) is 0 Å². The van der Waals surface area contributed by atoms with Crippen molar-refractivity contribution in [1.29, 1.82) is 0 Å². The minimum Gasteiger partial charge on any atom is -0.356 e. The molecule has 0 saturated heterocycles. The van der Waals surface area contributed by atoms with Gasteiger partial charge in [-0.1, -0.05) is 220 Å². The topological polar surface area (TPSA) is 6.48 Å². The lowest BCUT2D eigenvalue weighted by atomic mass is 10.0. The normalized spacial score (nSPS) is 14.8. The molecule has 0 fully saturated rings. The zero-order valence-corrected chi connectivity index (χ0v) is 31.8. The van der Waals surface area contributed by atoms with Gasteiger partial charge in [-0.2, -0.15) is 0 Å². The molecule has 1 aliphatic heterocycles. The van der Waals surface area contributed by atoms with Crippen molar-refractivity contribution in [3.05, 3.63) is 12.4 Å². The molecule has 0 bridgehead atoms. The summed E-state index contributed by atoms with van der Waals surface area (Å²) in [7, 11) is 0. The molecule has 0 radical (unpaired) electrons. The van der Waals surface area contributed by atoms with Crippen molar-refractivity contribution in [2.45, 2.75) is 252 Å². The number of unbranched alkanes of at least 4 members (excludes halogenated alkanes) is 31. The van der Waals surface area contributed by atoms with E-state index in [1.54, 1.807) is 0 Å². The molecular formula is C43H86N2. The van der Waals surface area contributed by atoms with Crippen molar-refractivity contribution in [2.75, 3.05) is 13.1 Å². The van der Waals surface area contributed by atoms with E-state index in [4.69, 9.17) is 0 Å². The van der Waals surface area contributed by atoms with E-state index in [2.05, 4.69) is 43.0 Å². The average molecular weight is 631 g/mol. The smallest absolute Gasteiger partial charge is 0.101 e. The second-order valence-electron chi connectivity index (χ2n) is 15.0. The summed E-state index contributed by atoms with van der Waals surface area (Å²) in [6.07, 6.45) is 55.9. The van der Waals surface area contributed by atoms with Crippen LogP contribution < -0.4 is 0 Å². The molecule has 1 unspecified atom stereocenters. The van der Waals surface area contributed by atoms with Crippen LogP contribution in [0.1, 0.15) is 245 Å². The monoisotopic (exact) mass is 631 g/mol. The van der Waals surface area contributed by atoms with Crippen LogP contribution >= 0.6 is 0 Å². The van der Waals surface area contributed by atoms with Gasteiger partial charge in [0, 0.05) is 25.5 Å². The van der Waals surface area contributed by atoms with Crippen LogP contribution in [-0.2, 0) is 0 Å². The molecule has 2 heteroatoms. The molecule has 0 aliphatic carbocycles.